The van der Waals surface area contributed by atoms with Crippen LogP contribution in [0, 0.1) is 3.57 Å². The van der Waals surface area contributed by atoms with Gasteiger partial charge in [-0.2, -0.15) is 0 Å². The lowest BCUT2D eigenvalue weighted by atomic mass is 9.86. The van der Waals surface area contributed by atoms with E-state index in [0.717, 1.165) is 34.9 Å². The van der Waals surface area contributed by atoms with Gasteiger partial charge in [0.2, 0.25) is 0 Å². The van der Waals surface area contributed by atoms with E-state index in [0.29, 0.717) is 0 Å². The fourth-order valence-electron chi connectivity index (χ4n) is 2.54. The molecule has 1 aromatic rings. The highest BCUT2D eigenvalue weighted by Crippen LogP contribution is 2.30. The SMILES string of the molecule is COC(=O)[C@H](c1ccc(O)c(I)c1)[C@H]1CCCCN1. The molecule has 4 nitrogen and oxygen atoms in total. The number of halogens is 1. The zero-order valence-electron chi connectivity index (χ0n) is 10.9. The summed E-state index contributed by atoms with van der Waals surface area (Å²) in [5.74, 6) is -0.287. The minimum atomic E-state index is -0.306. The summed E-state index contributed by atoms with van der Waals surface area (Å²) < 4.78 is 5.70. The van der Waals surface area contributed by atoms with Crippen LogP contribution in [0.3, 0.4) is 0 Å². The molecule has 2 N–H and O–H groups in total. The standard InChI is InChI=1S/C14H18INO3/c1-19-14(18)13(11-4-2-3-7-16-11)9-5-6-12(17)10(15)8-9/h5-6,8,11,13,16-17H,2-4,7H2,1H3/t11-,13-/m1/s1. The number of aromatic hydroxyl groups is 1. The van der Waals surface area contributed by atoms with Gasteiger partial charge >= 0.3 is 5.97 Å². The summed E-state index contributed by atoms with van der Waals surface area (Å²) in [4.78, 5) is 12.1. The van der Waals surface area contributed by atoms with Crippen LogP contribution in [0.1, 0.15) is 30.7 Å². The van der Waals surface area contributed by atoms with Crippen LogP contribution >= 0.6 is 22.6 Å². The highest BCUT2D eigenvalue weighted by atomic mass is 127. The summed E-state index contributed by atoms with van der Waals surface area (Å²) in [5.41, 5.74) is 0.897. The van der Waals surface area contributed by atoms with Crippen LogP contribution in [-0.2, 0) is 9.53 Å². The van der Waals surface area contributed by atoms with Crippen molar-refractivity contribution in [3.63, 3.8) is 0 Å². The zero-order valence-corrected chi connectivity index (χ0v) is 13.0. The van der Waals surface area contributed by atoms with Gasteiger partial charge in [0.1, 0.15) is 5.75 Å². The molecule has 2 rings (SSSR count). The number of phenols is 1. The van der Waals surface area contributed by atoms with Crippen molar-refractivity contribution in [3.05, 3.63) is 27.3 Å². The minimum absolute atomic E-state index is 0.113. The van der Waals surface area contributed by atoms with Gasteiger partial charge in [-0.05, 0) is 59.7 Å². The smallest absolute Gasteiger partial charge is 0.314 e. The maximum atomic E-state index is 12.1. The number of hydrogen-bond acceptors (Lipinski definition) is 4. The molecule has 0 amide bonds. The van der Waals surface area contributed by atoms with Gasteiger partial charge in [-0.15, -0.1) is 0 Å². The Morgan fingerprint density at radius 1 is 1.53 bits per heavy atom. The maximum absolute atomic E-state index is 12.1. The fourth-order valence-corrected chi connectivity index (χ4v) is 3.08. The Bertz CT molecular complexity index is 458. The number of rotatable bonds is 3. The Labute approximate surface area is 126 Å². The van der Waals surface area contributed by atoms with Crippen molar-refractivity contribution in [3.8, 4) is 5.75 Å². The first-order valence-electron chi connectivity index (χ1n) is 6.43. The zero-order chi connectivity index (χ0) is 13.8. The second-order valence-electron chi connectivity index (χ2n) is 4.77. The van der Waals surface area contributed by atoms with Crippen molar-refractivity contribution in [2.45, 2.75) is 31.2 Å². The third kappa shape index (κ3) is 3.39. The van der Waals surface area contributed by atoms with Gasteiger partial charge < -0.3 is 15.2 Å². The van der Waals surface area contributed by atoms with Crippen LogP contribution in [0.4, 0.5) is 0 Å². The summed E-state index contributed by atoms with van der Waals surface area (Å²) in [6.07, 6.45) is 3.25. The summed E-state index contributed by atoms with van der Waals surface area (Å²) in [6, 6.07) is 5.40. The Balaban J connectivity index is 2.30. The number of benzene rings is 1. The number of carbonyl (C=O) groups excluding carboxylic acids is 1. The van der Waals surface area contributed by atoms with E-state index >= 15 is 0 Å². The van der Waals surface area contributed by atoms with Crippen LogP contribution in [0.5, 0.6) is 5.75 Å². The van der Waals surface area contributed by atoms with E-state index in [-0.39, 0.29) is 23.7 Å². The monoisotopic (exact) mass is 375 g/mol. The predicted octanol–water partition coefficient (Wildman–Crippen LogP) is 2.40. The molecule has 5 heteroatoms. The lowest BCUT2D eigenvalue weighted by Gasteiger charge is -2.30. The maximum Gasteiger partial charge on any atom is 0.314 e. The molecule has 0 bridgehead atoms. The molecule has 2 atom stereocenters. The van der Waals surface area contributed by atoms with E-state index < -0.39 is 0 Å². The van der Waals surface area contributed by atoms with Crippen molar-refractivity contribution >= 4 is 28.6 Å². The van der Waals surface area contributed by atoms with E-state index in [1.165, 1.54) is 7.11 Å². The number of nitrogens with one attached hydrogen (secondary N) is 1. The van der Waals surface area contributed by atoms with Gasteiger partial charge in [0.25, 0.3) is 0 Å². The van der Waals surface area contributed by atoms with Gasteiger partial charge in [-0.3, -0.25) is 4.79 Å². The van der Waals surface area contributed by atoms with Crippen LogP contribution in [0.2, 0.25) is 0 Å². The molecule has 1 heterocycles. The second-order valence-corrected chi connectivity index (χ2v) is 5.93. The number of esters is 1. The van der Waals surface area contributed by atoms with E-state index in [1.54, 1.807) is 12.1 Å². The molecule has 1 aliphatic heterocycles. The fraction of sp³-hybridized carbons (Fsp3) is 0.500. The summed E-state index contributed by atoms with van der Waals surface area (Å²) >= 11 is 2.07. The Morgan fingerprint density at radius 2 is 2.32 bits per heavy atom. The van der Waals surface area contributed by atoms with Crippen LogP contribution < -0.4 is 5.32 Å². The molecule has 1 aliphatic rings. The number of ether oxygens (including phenoxy) is 1. The number of piperidine rings is 1. The summed E-state index contributed by atoms with van der Waals surface area (Å²) in [5, 5.41) is 13.0. The van der Waals surface area contributed by atoms with E-state index in [1.807, 2.05) is 6.07 Å². The molecule has 1 fully saturated rings. The molecule has 1 aromatic carbocycles. The average Bonchev–Trinajstić information content (AvgIpc) is 2.44. The molecule has 0 saturated carbocycles. The molecular weight excluding hydrogens is 357 g/mol. The van der Waals surface area contributed by atoms with Crippen LogP contribution in [0.15, 0.2) is 18.2 Å². The molecule has 104 valence electrons. The topological polar surface area (TPSA) is 58.6 Å². The van der Waals surface area contributed by atoms with E-state index in [4.69, 9.17) is 4.74 Å². The number of carbonyl (C=O) groups is 1. The Hall–Kier alpha value is -0.820. The largest absolute Gasteiger partial charge is 0.507 e. The van der Waals surface area contributed by atoms with Gasteiger partial charge in [0, 0.05) is 6.04 Å². The van der Waals surface area contributed by atoms with E-state index in [9.17, 15) is 9.90 Å². The minimum Gasteiger partial charge on any atom is -0.507 e. The highest BCUT2D eigenvalue weighted by Gasteiger charge is 2.31. The molecule has 0 unspecified atom stereocenters. The predicted molar refractivity (Wildman–Crippen MR) is 81.2 cm³/mol. The molecule has 0 radical (unpaired) electrons. The van der Waals surface area contributed by atoms with Crippen molar-refractivity contribution in [2.24, 2.45) is 0 Å². The summed E-state index contributed by atoms with van der Waals surface area (Å²) in [6.45, 7) is 0.938. The molecule has 0 spiro atoms. The number of phenolic OH excluding ortho intramolecular Hbond substituents is 1. The second kappa shape index (κ2) is 6.56. The quantitative estimate of drug-likeness (QED) is 0.629. The Morgan fingerprint density at radius 3 is 2.89 bits per heavy atom. The number of methoxy groups -OCH3 is 1. The lowest BCUT2D eigenvalue weighted by molar-refractivity contribution is -0.143. The van der Waals surface area contributed by atoms with Crippen molar-refractivity contribution in [1.29, 1.82) is 0 Å². The van der Waals surface area contributed by atoms with Crippen molar-refractivity contribution in [1.82, 2.24) is 5.32 Å². The molecule has 1 saturated heterocycles. The molecule has 19 heavy (non-hydrogen) atoms. The first-order valence-corrected chi connectivity index (χ1v) is 7.51. The first-order chi connectivity index (χ1) is 9.13. The van der Waals surface area contributed by atoms with Crippen LogP contribution in [-0.4, -0.2) is 30.8 Å². The van der Waals surface area contributed by atoms with Crippen LogP contribution in [0.25, 0.3) is 0 Å². The number of hydrogen-bond donors (Lipinski definition) is 2. The Kier molecular flexibility index (Phi) is 5.04. The first kappa shape index (κ1) is 14.6. The average molecular weight is 375 g/mol. The molecule has 0 aliphatic carbocycles. The molecule has 0 aromatic heterocycles. The van der Waals surface area contributed by atoms with E-state index in [2.05, 4.69) is 27.9 Å². The highest BCUT2D eigenvalue weighted by molar-refractivity contribution is 14.1. The van der Waals surface area contributed by atoms with Gasteiger partial charge in [0.05, 0.1) is 16.6 Å². The lowest BCUT2D eigenvalue weighted by Crippen LogP contribution is -2.42. The normalized spacial score (nSPS) is 20.8. The van der Waals surface area contributed by atoms with Gasteiger partial charge in [-0.25, -0.2) is 0 Å². The van der Waals surface area contributed by atoms with Crippen molar-refractivity contribution in [2.75, 3.05) is 13.7 Å². The van der Waals surface area contributed by atoms with Gasteiger partial charge in [0.15, 0.2) is 0 Å². The van der Waals surface area contributed by atoms with Crippen molar-refractivity contribution < 1.29 is 14.6 Å². The third-order valence-corrected chi connectivity index (χ3v) is 4.40. The van der Waals surface area contributed by atoms with Gasteiger partial charge in [-0.1, -0.05) is 12.5 Å². The third-order valence-electron chi connectivity index (χ3n) is 3.54. The summed E-state index contributed by atoms with van der Waals surface area (Å²) in [7, 11) is 1.42. The molecular formula is C14H18INO3.